The molecule has 1 unspecified atom stereocenters. The summed E-state index contributed by atoms with van der Waals surface area (Å²) >= 11 is 1.90. The van der Waals surface area contributed by atoms with E-state index in [-0.39, 0.29) is 17.7 Å². The lowest BCUT2D eigenvalue weighted by Gasteiger charge is -2.26. The molecule has 2 fully saturated rings. The monoisotopic (exact) mass is 333 g/mol. The van der Waals surface area contributed by atoms with Crippen LogP contribution in [0.2, 0.25) is 0 Å². The van der Waals surface area contributed by atoms with Gasteiger partial charge in [-0.1, -0.05) is 12.1 Å². The summed E-state index contributed by atoms with van der Waals surface area (Å²) in [6.45, 7) is 3.38. The fourth-order valence-electron chi connectivity index (χ4n) is 2.93. The molecule has 0 saturated carbocycles. The van der Waals surface area contributed by atoms with Gasteiger partial charge in [-0.3, -0.25) is 9.59 Å². The van der Waals surface area contributed by atoms with Gasteiger partial charge in [0, 0.05) is 36.8 Å². The zero-order valence-corrected chi connectivity index (χ0v) is 14.0. The Morgan fingerprint density at radius 2 is 1.96 bits per heavy atom. The van der Waals surface area contributed by atoms with E-state index in [4.69, 9.17) is 0 Å². The maximum Gasteiger partial charge on any atom is 0.228 e. The predicted octanol–water partition coefficient (Wildman–Crippen LogP) is 1.35. The molecule has 0 radical (unpaired) electrons. The first-order valence-corrected chi connectivity index (χ1v) is 9.34. The molecule has 2 amide bonds. The molecular weight excluding hydrogens is 310 g/mol. The van der Waals surface area contributed by atoms with Gasteiger partial charge < -0.3 is 15.5 Å². The SMILES string of the molecule is O=C(Nc1ccc(CC(=O)N2CCSCC2)cc1)C1CCNC1. The van der Waals surface area contributed by atoms with Crippen LogP contribution in [0.1, 0.15) is 12.0 Å². The van der Waals surface area contributed by atoms with E-state index in [1.54, 1.807) is 0 Å². The second-order valence-corrected chi connectivity index (χ2v) is 7.27. The van der Waals surface area contributed by atoms with Crippen molar-refractivity contribution in [3.63, 3.8) is 0 Å². The van der Waals surface area contributed by atoms with Gasteiger partial charge in [0.25, 0.3) is 0 Å². The fourth-order valence-corrected chi connectivity index (χ4v) is 3.83. The van der Waals surface area contributed by atoms with Gasteiger partial charge in [0.05, 0.1) is 12.3 Å². The van der Waals surface area contributed by atoms with Crippen LogP contribution < -0.4 is 10.6 Å². The van der Waals surface area contributed by atoms with E-state index in [1.165, 1.54) is 0 Å². The minimum absolute atomic E-state index is 0.0632. The van der Waals surface area contributed by atoms with E-state index >= 15 is 0 Å². The van der Waals surface area contributed by atoms with Crippen LogP contribution in [0.15, 0.2) is 24.3 Å². The van der Waals surface area contributed by atoms with Crippen molar-refractivity contribution in [2.24, 2.45) is 5.92 Å². The van der Waals surface area contributed by atoms with Crippen molar-refractivity contribution < 1.29 is 9.59 Å². The molecule has 2 heterocycles. The molecule has 0 aliphatic carbocycles. The van der Waals surface area contributed by atoms with Gasteiger partial charge in [0.2, 0.25) is 11.8 Å². The topological polar surface area (TPSA) is 61.4 Å². The highest BCUT2D eigenvalue weighted by atomic mass is 32.2. The van der Waals surface area contributed by atoms with Crippen LogP contribution in [0.4, 0.5) is 5.69 Å². The first kappa shape index (κ1) is 16.3. The molecule has 5 nitrogen and oxygen atoms in total. The molecule has 6 heteroatoms. The molecule has 2 N–H and O–H groups in total. The molecule has 0 spiro atoms. The Morgan fingerprint density at radius 3 is 2.61 bits per heavy atom. The molecule has 0 bridgehead atoms. The number of carbonyl (C=O) groups is 2. The number of thioether (sulfide) groups is 1. The van der Waals surface area contributed by atoms with Gasteiger partial charge in [-0.05, 0) is 30.7 Å². The van der Waals surface area contributed by atoms with Gasteiger partial charge in [-0.15, -0.1) is 0 Å². The Labute approximate surface area is 141 Å². The number of nitrogens with one attached hydrogen (secondary N) is 2. The normalized spacial score (nSPS) is 21.2. The highest BCUT2D eigenvalue weighted by molar-refractivity contribution is 7.99. The Kier molecular flexibility index (Phi) is 5.56. The molecule has 1 aromatic rings. The van der Waals surface area contributed by atoms with Gasteiger partial charge >= 0.3 is 0 Å². The zero-order valence-electron chi connectivity index (χ0n) is 13.2. The van der Waals surface area contributed by atoms with Gasteiger partial charge in [0.15, 0.2) is 0 Å². The summed E-state index contributed by atoms with van der Waals surface area (Å²) in [5.74, 6) is 2.40. The number of nitrogens with zero attached hydrogens (tertiary/aromatic N) is 1. The van der Waals surface area contributed by atoms with Crippen molar-refractivity contribution in [1.29, 1.82) is 0 Å². The van der Waals surface area contributed by atoms with Crippen molar-refractivity contribution in [3.8, 4) is 0 Å². The number of hydrogen-bond acceptors (Lipinski definition) is 4. The van der Waals surface area contributed by atoms with Crippen LogP contribution in [-0.2, 0) is 16.0 Å². The molecule has 2 aliphatic rings. The van der Waals surface area contributed by atoms with Gasteiger partial charge in [-0.25, -0.2) is 0 Å². The summed E-state index contributed by atoms with van der Waals surface area (Å²) in [6, 6.07) is 7.63. The van der Waals surface area contributed by atoms with Crippen LogP contribution in [0.25, 0.3) is 0 Å². The molecule has 3 rings (SSSR count). The van der Waals surface area contributed by atoms with E-state index in [0.717, 1.165) is 55.4 Å². The molecule has 124 valence electrons. The average molecular weight is 333 g/mol. The third-order valence-electron chi connectivity index (χ3n) is 4.37. The zero-order chi connectivity index (χ0) is 16.1. The maximum absolute atomic E-state index is 12.2. The number of amides is 2. The lowest BCUT2D eigenvalue weighted by Crippen LogP contribution is -2.38. The van der Waals surface area contributed by atoms with E-state index in [2.05, 4.69) is 10.6 Å². The van der Waals surface area contributed by atoms with Crippen LogP contribution in [0, 0.1) is 5.92 Å². The summed E-state index contributed by atoms with van der Waals surface area (Å²) in [6.07, 6.45) is 1.33. The molecular formula is C17H23N3O2S. The number of hydrogen-bond donors (Lipinski definition) is 2. The first-order chi connectivity index (χ1) is 11.2. The quantitative estimate of drug-likeness (QED) is 0.873. The van der Waals surface area contributed by atoms with Crippen molar-refractivity contribution >= 4 is 29.3 Å². The molecule has 1 atom stereocenters. The number of carbonyl (C=O) groups excluding carboxylic acids is 2. The average Bonchev–Trinajstić information content (AvgIpc) is 3.12. The lowest BCUT2D eigenvalue weighted by molar-refractivity contribution is -0.130. The van der Waals surface area contributed by atoms with Crippen molar-refractivity contribution in [3.05, 3.63) is 29.8 Å². The fraction of sp³-hybridized carbons (Fsp3) is 0.529. The summed E-state index contributed by atoms with van der Waals surface area (Å²) < 4.78 is 0. The molecule has 23 heavy (non-hydrogen) atoms. The molecule has 2 saturated heterocycles. The molecule has 1 aromatic carbocycles. The van der Waals surface area contributed by atoms with Gasteiger partial charge in [0.1, 0.15) is 0 Å². The lowest BCUT2D eigenvalue weighted by atomic mass is 10.1. The minimum Gasteiger partial charge on any atom is -0.341 e. The predicted molar refractivity (Wildman–Crippen MR) is 93.7 cm³/mol. The highest BCUT2D eigenvalue weighted by Crippen LogP contribution is 2.16. The Morgan fingerprint density at radius 1 is 1.22 bits per heavy atom. The largest absolute Gasteiger partial charge is 0.341 e. The second-order valence-electron chi connectivity index (χ2n) is 6.05. The van der Waals surface area contributed by atoms with Crippen molar-refractivity contribution in [2.45, 2.75) is 12.8 Å². The van der Waals surface area contributed by atoms with E-state index in [9.17, 15) is 9.59 Å². The van der Waals surface area contributed by atoms with E-state index in [1.807, 2.05) is 40.9 Å². The van der Waals surface area contributed by atoms with Crippen molar-refractivity contribution in [1.82, 2.24) is 10.2 Å². The number of anilines is 1. The molecule has 0 aromatic heterocycles. The smallest absolute Gasteiger partial charge is 0.228 e. The third kappa shape index (κ3) is 4.48. The second kappa shape index (κ2) is 7.84. The first-order valence-electron chi connectivity index (χ1n) is 8.18. The van der Waals surface area contributed by atoms with Crippen molar-refractivity contribution in [2.75, 3.05) is 43.0 Å². The standard InChI is InChI=1S/C17H23N3O2S/c21-16(20-7-9-23-10-8-20)11-13-1-3-15(4-2-13)19-17(22)14-5-6-18-12-14/h1-4,14,18H,5-12H2,(H,19,22). The van der Waals surface area contributed by atoms with E-state index < -0.39 is 0 Å². The summed E-state index contributed by atoms with van der Waals surface area (Å²) in [7, 11) is 0. The summed E-state index contributed by atoms with van der Waals surface area (Å²) in [4.78, 5) is 26.3. The maximum atomic E-state index is 12.2. The Hall–Kier alpha value is -1.53. The third-order valence-corrected chi connectivity index (χ3v) is 5.31. The minimum atomic E-state index is 0.0632. The Balaban J connectivity index is 1.52. The van der Waals surface area contributed by atoms with E-state index in [0.29, 0.717) is 6.42 Å². The summed E-state index contributed by atoms with van der Waals surface area (Å²) in [5.41, 5.74) is 1.79. The van der Waals surface area contributed by atoms with Crippen LogP contribution in [-0.4, -0.2) is 54.4 Å². The Bertz CT molecular complexity index is 549. The number of benzene rings is 1. The van der Waals surface area contributed by atoms with Crippen LogP contribution in [0.5, 0.6) is 0 Å². The van der Waals surface area contributed by atoms with Crippen LogP contribution >= 0.6 is 11.8 Å². The van der Waals surface area contributed by atoms with Gasteiger partial charge in [-0.2, -0.15) is 11.8 Å². The summed E-state index contributed by atoms with van der Waals surface area (Å²) in [5, 5.41) is 6.15. The highest BCUT2D eigenvalue weighted by Gasteiger charge is 2.22. The van der Waals surface area contributed by atoms with Crippen LogP contribution in [0.3, 0.4) is 0 Å². The number of rotatable bonds is 4. The molecule has 2 aliphatic heterocycles.